The first-order chi connectivity index (χ1) is 21.6. The Morgan fingerprint density at radius 2 is 0.909 bits per heavy atom. The van der Waals surface area contributed by atoms with Gasteiger partial charge in [-0.15, -0.1) is 0 Å². The number of hydrogen-bond acceptors (Lipinski definition) is 5. The first-order valence-corrected chi connectivity index (χ1v) is 18.5. The molecule has 0 saturated heterocycles. The van der Waals surface area contributed by atoms with E-state index < -0.39 is 6.10 Å². The van der Waals surface area contributed by atoms with E-state index in [1.807, 2.05) is 0 Å². The molecule has 0 bridgehead atoms. The highest BCUT2D eigenvalue weighted by Gasteiger charge is 2.16. The minimum absolute atomic E-state index is 0.0757. The van der Waals surface area contributed by atoms with E-state index >= 15 is 0 Å². The van der Waals surface area contributed by atoms with E-state index in [-0.39, 0.29) is 25.2 Å². The zero-order valence-corrected chi connectivity index (χ0v) is 28.9. The Bertz CT molecular complexity index is 711. The number of ether oxygens (including phenoxy) is 2. The molecule has 1 N–H and O–H groups in total. The van der Waals surface area contributed by atoms with Crippen LogP contribution in [0.15, 0.2) is 36.5 Å². The van der Waals surface area contributed by atoms with Gasteiger partial charge in [-0.1, -0.05) is 134 Å². The van der Waals surface area contributed by atoms with Gasteiger partial charge in [0.1, 0.15) is 6.61 Å². The molecule has 5 heteroatoms. The Morgan fingerprint density at radius 1 is 0.523 bits per heavy atom. The number of aliphatic hydroxyl groups excluding tert-OH is 1. The van der Waals surface area contributed by atoms with Crippen molar-refractivity contribution in [3.8, 4) is 0 Å². The van der Waals surface area contributed by atoms with E-state index in [1.54, 1.807) is 0 Å². The second-order valence-corrected chi connectivity index (χ2v) is 12.3. The molecule has 44 heavy (non-hydrogen) atoms. The van der Waals surface area contributed by atoms with E-state index in [0.29, 0.717) is 12.8 Å². The molecule has 0 heterocycles. The maximum absolute atomic E-state index is 12.1. The summed E-state index contributed by atoms with van der Waals surface area (Å²) in [5.41, 5.74) is 0. The molecule has 0 aliphatic carbocycles. The third kappa shape index (κ3) is 33.0. The summed E-state index contributed by atoms with van der Waals surface area (Å²) in [5, 5.41) is 9.53. The lowest BCUT2D eigenvalue weighted by Crippen LogP contribution is -2.28. The SMILES string of the molecule is CCCCC/C=C\C/C=C\CCCCCCCC(=O)OC[C@@H](CO)OC(=O)CCCCCCC/C=C\CCCCCCCC. The molecule has 256 valence electrons. The highest BCUT2D eigenvalue weighted by atomic mass is 16.6. The van der Waals surface area contributed by atoms with E-state index in [0.717, 1.165) is 57.8 Å². The number of allylic oxidation sites excluding steroid dienone is 6. The van der Waals surface area contributed by atoms with Crippen LogP contribution < -0.4 is 0 Å². The van der Waals surface area contributed by atoms with Crippen molar-refractivity contribution in [1.82, 2.24) is 0 Å². The van der Waals surface area contributed by atoms with Crippen LogP contribution in [0.2, 0.25) is 0 Å². The van der Waals surface area contributed by atoms with Crippen molar-refractivity contribution in [3.05, 3.63) is 36.5 Å². The van der Waals surface area contributed by atoms with Crippen molar-refractivity contribution in [2.75, 3.05) is 13.2 Å². The van der Waals surface area contributed by atoms with Crippen LogP contribution >= 0.6 is 0 Å². The van der Waals surface area contributed by atoms with E-state index in [4.69, 9.17) is 9.47 Å². The lowest BCUT2D eigenvalue weighted by molar-refractivity contribution is -0.161. The Balaban J connectivity index is 3.61. The van der Waals surface area contributed by atoms with Crippen molar-refractivity contribution < 1.29 is 24.2 Å². The van der Waals surface area contributed by atoms with Gasteiger partial charge in [-0.05, 0) is 70.6 Å². The van der Waals surface area contributed by atoms with Crippen LogP contribution in [-0.4, -0.2) is 36.4 Å². The van der Waals surface area contributed by atoms with Gasteiger partial charge in [0, 0.05) is 12.8 Å². The van der Waals surface area contributed by atoms with Crippen LogP contribution in [0.1, 0.15) is 181 Å². The van der Waals surface area contributed by atoms with Gasteiger partial charge in [-0.25, -0.2) is 0 Å². The highest BCUT2D eigenvalue weighted by Crippen LogP contribution is 2.12. The quantitative estimate of drug-likeness (QED) is 0.0450. The Labute approximate surface area is 272 Å². The van der Waals surface area contributed by atoms with Crippen LogP contribution in [0.5, 0.6) is 0 Å². The lowest BCUT2D eigenvalue weighted by atomic mass is 10.1. The number of esters is 2. The lowest BCUT2D eigenvalue weighted by Gasteiger charge is -2.15. The van der Waals surface area contributed by atoms with Gasteiger partial charge in [0.25, 0.3) is 0 Å². The zero-order valence-electron chi connectivity index (χ0n) is 28.9. The van der Waals surface area contributed by atoms with Crippen LogP contribution in [0, 0.1) is 0 Å². The topological polar surface area (TPSA) is 72.8 Å². The molecule has 0 amide bonds. The minimum atomic E-state index is -0.779. The molecule has 0 aromatic carbocycles. The van der Waals surface area contributed by atoms with Gasteiger partial charge in [0.2, 0.25) is 0 Å². The zero-order chi connectivity index (χ0) is 32.2. The average Bonchev–Trinajstić information content (AvgIpc) is 3.02. The predicted octanol–water partition coefficient (Wildman–Crippen LogP) is 11.3. The molecule has 1 atom stereocenters. The first kappa shape index (κ1) is 42.1. The smallest absolute Gasteiger partial charge is 0.306 e. The molecule has 0 radical (unpaired) electrons. The average molecular weight is 619 g/mol. The van der Waals surface area contributed by atoms with Crippen LogP contribution in [0.3, 0.4) is 0 Å². The summed E-state index contributed by atoms with van der Waals surface area (Å²) in [7, 11) is 0. The number of unbranched alkanes of at least 4 members (excludes halogenated alkanes) is 19. The summed E-state index contributed by atoms with van der Waals surface area (Å²) < 4.78 is 10.6. The van der Waals surface area contributed by atoms with Crippen molar-refractivity contribution >= 4 is 11.9 Å². The molecule has 0 aromatic rings. The van der Waals surface area contributed by atoms with Crippen LogP contribution in [-0.2, 0) is 19.1 Å². The normalized spacial score (nSPS) is 12.5. The summed E-state index contributed by atoms with van der Waals surface area (Å²) in [4.78, 5) is 24.2. The highest BCUT2D eigenvalue weighted by molar-refractivity contribution is 5.70. The van der Waals surface area contributed by atoms with Gasteiger partial charge in [0.15, 0.2) is 6.10 Å². The van der Waals surface area contributed by atoms with Crippen molar-refractivity contribution in [1.29, 1.82) is 0 Å². The van der Waals surface area contributed by atoms with Crippen LogP contribution in [0.4, 0.5) is 0 Å². The second-order valence-electron chi connectivity index (χ2n) is 12.3. The number of hydrogen-bond donors (Lipinski definition) is 1. The Hall–Kier alpha value is -1.88. The molecule has 0 unspecified atom stereocenters. The molecule has 5 nitrogen and oxygen atoms in total. The maximum atomic E-state index is 12.1. The number of carbonyl (C=O) groups excluding carboxylic acids is 2. The third-order valence-electron chi connectivity index (χ3n) is 7.91. The van der Waals surface area contributed by atoms with Crippen molar-refractivity contribution in [2.45, 2.75) is 187 Å². The molecular formula is C39H70O5. The monoisotopic (exact) mass is 619 g/mol. The van der Waals surface area contributed by atoms with Gasteiger partial charge in [0.05, 0.1) is 6.61 Å². The van der Waals surface area contributed by atoms with E-state index in [2.05, 4.69) is 50.3 Å². The first-order valence-electron chi connectivity index (χ1n) is 18.5. The van der Waals surface area contributed by atoms with Gasteiger partial charge < -0.3 is 14.6 Å². The minimum Gasteiger partial charge on any atom is -0.462 e. The van der Waals surface area contributed by atoms with Gasteiger partial charge in [-0.2, -0.15) is 0 Å². The van der Waals surface area contributed by atoms with Gasteiger partial charge >= 0.3 is 11.9 Å². The van der Waals surface area contributed by atoms with Crippen molar-refractivity contribution in [3.63, 3.8) is 0 Å². The Morgan fingerprint density at radius 3 is 1.41 bits per heavy atom. The van der Waals surface area contributed by atoms with Crippen LogP contribution in [0.25, 0.3) is 0 Å². The number of aliphatic hydroxyl groups is 1. The Kier molecular flexibility index (Phi) is 34.1. The van der Waals surface area contributed by atoms with Gasteiger partial charge in [-0.3, -0.25) is 9.59 Å². The summed E-state index contributed by atoms with van der Waals surface area (Å²) in [6.45, 7) is 4.08. The standard InChI is InChI=1S/C39H70O5/c1-3-5-7-9-11-13-15-17-19-21-23-25-27-29-31-33-38(41)43-36-37(35-40)44-39(42)34-32-30-28-26-24-22-20-18-16-14-12-10-8-6-4-2/h11,13,17-20,37,40H,3-10,12,14-16,21-36H2,1-2H3/b13-11-,19-17-,20-18-/t37-/m1/s1. The molecule has 0 spiro atoms. The number of rotatable bonds is 33. The molecule has 0 aliphatic heterocycles. The van der Waals surface area contributed by atoms with E-state index in [9.17, 15) is 14.7 Å². The molecule has 0 rings (SSSR count). The predicted molar refractivity (Wildman–Crippen MR) is 187 cm³/mol. The summed E-state index contributed by atoms with van der Waals surface area (Å²) in [6.07, 6.45) is 41.9. The molecular weight excluding hydrogens is 548 g/mol. The maximum Gasteiger partial charge on any atom is 0.306 e. The fourth-order valence-corrected chi connectivity index (χ4v) is 5.05. The van der Waals surface area contributed by atoms with E-state index in [1.165, 1.54) is 96.3 Å². The molecule has 0 saturated carbocycles. The van der Waals surface area contributed by atoms with Crippen molar-refractivity contribution in [2.24, 2.45) is 0 Å². The number of carbonyl (C=O) groups is 2. The summed E-state index contributed by atoms with van der Waals surface area (Å²) in [5.74, 6) is -0.617. The molecule has 0 aliphatic rings. The third-order valence-corrected chi connectivity index (χ3v) is 7.91. The summed E-state index contributed by atoms with van der Waals surface area (Å²) >= 11 is 0. The fourth-order valence-electron chi connectivity index (χ4n) is 5.05. The fraction of sp³-hybridized carbons (Fsp3) is 0.795. The molecule has 0 fully saturated rings. The largest absolute Gasteiger partial charge is 0.462 e. The summed E-state index contributed by atoms with van der Waals surface area (Å²) in [6, 6.07) is 0. The second kappa shape index (κ2) is 35.6. The molecule has 0 aromatic heterocycles.